The Balaban J connectivity index is 1.80. The lowest BCUT2D eigenvalue weighted by molar-refractivity contribution is 0.198. The largest absolute Gasteiger partial charge is 0.382 e. The summed E-state index contributed by atoms with van der Waals surface area (Å²) in [7, 11) is 0. The Kier molecular flexibility index (Phi) is 5.07. The number of hydrogen-bond donors (Lipinski definition) is 1. The number of piperidine rings is 1. The van der Waals surface area contributed by atoms with Gasteiger partial charge in [0, 0.05) is 35.8 Å². The Bertz CT molecular complexity index is 371. The first-order chi connectivity index (χ1) is 8.63. The maximum absolute atomic E-state index is 3.64. The van der Waals surface area contributed by atoms with Gasteiger partial charge in [-0.05, 0) is 37.0 Å². The number of anilines is 1. The first-order valence-corrected chi connectivity index (χ1v) is 7.67. The van der Waals surface area contributed by atoms with E-state index < -0.39 is 0 Å². The van der Waals surface area contributed by atoms with E-state index in [1.165, 1.54) is 38.2 Å². The molecule has 0 atom stereocenters. The molecule has 0 unspecified atom stereocenters. The number of nitrogens with zero attached hydrogens (tertiary/aromatic N) is 1. The van der Waals surface area contributed by atoms with Gasteiger partial charge in [-0.15, -0.1) is 0 Å². The summed E-state index contributed by atoms with van der Waals surface area (Å²) < 4.78 is 1.14. The highest BCUT2D eigenvalue weighted by molar-refractivity contribution is 9.10. The van der Waals surface area contributed by atoms with Crippen LogP contribution < -0.4 is 5.32 Å². The van der Waals surface area contributed by atoms with E-state index in [1.54, 1.807) is 0 Å². The van der Waals surface area contributed by atoms with E-state index >= 15 is 0 Å². The van der Waals surface area contributed by atoms with Gasteiger partial charge in [0.2, 0.25) is 0 Å². The predicted molar refractivity (Wildman–Crippen MR) is 82.1 cm³/mol. The van der Waals surface area contributed by atoms with Crippen LogP contribution in [0.3, 0.4) is 0 Å². The molecule has 0 spiro atoms. The second-order valence-electron chi connectivity index (χ2n) is 5.62. The monoisotopic (exact) mass is 310 g/mol. The highest BCUT2D eigenvalue weighted by atomic mass is 79.9. The molecule has 100 valence electrons. The minimum absolute atomic E-state index is 0.628. The van der Waals surface area contributed by atoms with Gasteiger partial charge in [0.15, 0.2) is 0 Å². The maximum atomic E-state index is 3.64. The normalized spacial score (nSPS) is 18.2. The van der Waals surface area contributed by atoms with Crippen LogP contribution in [0, 0.1) is 5.92 Å². The number of hydrogen-bond acceptors (Lipinski definition) is 2. The Labute approximate surface area is 119 Å². The Morgan fingerprint density at radius 3 is 2.67 bits per heavy atom. The molecule has 1 aromatic carbocycles. The lowest BCUT2D eigenvalue weighted by atomic mass is 10.0. The van der Waals surface area contributed by atoms with Crippen molar-refractivity contribution >= 4 is 21.6 Å². The van der Waals surface area contributed by atoms with E-state index in [9.17, 15) is 0 Å². The number of halogens is 1. The molecule has 1 aliphatic rings. The van der Waals surface area contributed by atoms with Crippen molar-refractivity contribution in [1.29, 1.82) is 0 Å². The van der Waals surface area contributed by atoms with Crippen molar-refractivity contribution in [3.63, 3.8) is 0 Å². The molecule has 2 rings (SSSR count). The quantitative estimate of drug-likeness (QED) is 0.905. The zero-order chi connectivity index (χ0) is 13.0. The lowest BCUT2D eigenvalue weighted by Crippen LogP contribution is -2.40. The molecule has 2 nitrogen and oxygen atoms in total. The fraction of sp³-hybridized carbons (Fsp3) is 0.600. The maximum Gasteiger partial charge on any atom is 0.0353 e. The van der Waals surface area contributed by atoms with Gasteiger partial charge in [0.1, 0.15) is 0 Å². The first-order valence-electron chi connectivity index (χ1n) is 6.88. The molecule has 1 fully saturated rings. The third-order valence-electron chi connectivity index (χ3n) is 3.41. The smallest absolute Gasteiger partial charge is 0.0353 e. The fourth-order valence-corrected chi connectivity index (χ4v) is 2.99. The third-order valence-corrected chi connectivity index (χ3v) is 3.90. The van der Waals surface area contributed by atoms with Gasteiger partial charge in [0.25, 0.3) is 0 Å². The van der Waals surface area contributed by atoms with Crippen LogP contribution in [0.2, 0.25) is 0 Å². The van der Waals surface area contributed by atoms with Gasteiger partial charge in [-0.2, -0.15) is 0 Å². The van der Waals surface area contributed by atoms with Crippen LogP contribution >= 0.6 is 15.9 Å². The third kappa shape index (κ3) is 4.29. The van der Waals surface area contributed by atoms with Crippen LogP contribution in [-0.2, 0) is 0 Å². The van der Waals surface area contributed by atoms with Gasteiger partial charge < -0.3 is 10.2 Å². The minimum Gasteiger partial charge on any atom is -0.382 e. The number of rotatable bonds is 4. The highest BCUT2D eigenvalue weighted by Crippen LogP contribution is 2.20. The topological polar surface area (TPSA) is 15.3 Å². The van der Waals surface area contributed by atoms with Crippen LogP contribution in [-0.4, -0.2) is 30.6 Å². The first kappa shape index (κ1) is 13.9. The van der Waals surface area contributed by atoms with Gasteiger partial charge in [-0.25, -0.2) is 0 Å². The summed E-state index contributed by atoms with van der Waals surface area (Å²) in [6.45, 7) is 8.29. The van der Waals surface area contributed by atoms with Crippen molar-refractivity contribution in [2.75, 3.05) is 25.0 Å². The predicted octanol–water partition coefficient (Wildman–Crippen LogP) is 3.98. The van der Waals surface area contributed by atoms with Crippen molar-refractivity contribution in [2.45, 2.75) is 32.7 Å². The molecule has 18 heavy (non-hydrogen) atoms. The van der Waals surface area contributed by atoms with Gasteiger partial charge >= 0.3 is 0 Å². The summed E-state index contributed by atoms with van der Waals surface area (Å²) in [6, 6.07) is 9.07. The van der Waals surface area contributed by atoms with E-state index in [0.717, 1.165) is 10.4 Å². The van der Waals surface area contributed by atoms with Crippen LogP contribution in [0.4, 0.5) is 5.69 Å². The summed E-state index contributed by atoms with van der Waals surface area (Å²) >= 11 is 3.52. The molecule has 1 aromatic rings. The number of likely N-dealkylation sites (tertiary alicyclic amines) is 1. The zero-order valence-electron chi connectivity index (χ0n) is 11.3. The summed E-state index contributed by atoms with van der Waals surface area (Å²) in [5, 5.41) is 3.64. The molecule has 0 saturated carbocycles. The molecule has 0 aromatic heterocycles. The summed E-state index contributed by atoms with van der Waals surface area (Å²) in [4.78, 5) is 2.59. The van der Waals surface area contributed by atoms with E-state index in [4.69, 9.17) is 0 Å². The molecule has 0 amide bonds. The van der Waals surface area contributed by atoms with Crippen molar-refractivity contribution in [2.24, 2.45) is 5.92 Å². The van der Waals surface area contributed by atoms with Gasteiger partial charge in [-0.3, -0.25) is 0 Å². The second kappa shape index (κ2) is 6.58. The van der Waals surface area contributed by atoms with Gasteiger partial charge in [-0.1, -0.05) is 35.8 Å². The molecule has 0 radical (unpaired) electrons. The molecule has 3 heteroatoms. The molecule has 1 N–H and O–H groups in total. The number of benzene rings is 1. The van der Waals surface area contributed by atoms with E-state index in [1.807, 2.05) is 0 Å². The molecular formula is C15H23BrN2. The van der Waals surface area contributed by atoms with E-state index in [-0.39, 0.29) is 0 Å². The average Bonchev–Trinajstić information content (AvgIpc) is 2.31. The summed E-state index contributed by atoms with van der Waals surface area (Å²) in [5.74, 6) is 0.777. The fourth-order valence-electron chi connectivity index (χ4n) is 2.59. The van der Waals surface area contributed by atoms with E-state index in [0.29, 0.717) is 6.04 Å². The van der Waals surface area contributed by atoms with Crippen molar-refractivity contribution < 1.29 is 0 Å². The summed E-state index contributed by atoms with van der Waals surface area (Å²) in [6.07, 6.45) is 2.50. The SMILES string of the molecule is CC(C)CN1CCC(Nc2cccc(Br)c2)CC1. The zero-order valence-corrected chi connectivity index (χ0v) is 12.9. The van der Waals surface area contributed by atoms with Crippen LogP contribution in [0.25, 0.3) is 0 Å². The molecule has 0 bridgehead atoms. The molecule has 1 heterocycles. The molecule has 0 aliphatic carbocycles. The van der Waals surface area contributed by atoms with Crippen LogP contribution in [0.5, 0.6) is 0 Å². The highest BCUT2D eigenvalue weighted by Gasteiger charge is 2.19. The van der Waals surface area contributed by atoms with Gasteiger partial charge in [0.05, 0.1) is 0 Å². The standard InChI is InChI=1S/C15H23BrN2/c1-12(2)11-18-8-6-14(7-9-18)17-15-5-3-4-13(16)10-15/h3-5,10,12,14,17H,6-9,11H2,1-2H3. The van der Waals surface area contributed by atoms with Crippen LogP contribution in [0.15, 0.2) is 28.7 Å². The van der Waals surface area contributed by atoms with Crippen molar-refractivity contribution in [3.05, 3.63) is 28.7 Å². The Morgan fingerprint density at radius 2 is 2.06 bits per heavy atom. The minimum atomic E-state index is 0.628. The molecule has 1 saturated heterocycles. The van der Waals surface area contributed by atoms with E-state index in [2.05, 4.69) is 64.3 Å². The lowest BCUT2D eigenvalue weighted by Gasteiger charge is -2.33. The molecule has 1 aliphatic heterocycles. The number of nitrogens with one attached hydrogen (secondary N) is 1. The Hall–Kier alpha value is -0.540. The van der Waals surface area contributed by atoms with Crippen molar-refractivity contribution in [1.82, 2.24) is 4.90 Å². The second-order valence-corrected chi connectivity index (χ2v) is 6.54. The summed E-state index contributed by atoms with van der Waals surface area (Å²) in [5.41, 5.74) is 1.23. The van der Waals surface area contributed by atoms with Crippen molar-refractivity contribution in [3.8, 4) is 0 Å². The molecular weight excluding hydrogens is 288 g/mol. The average molecular weight is 311 g/mol. The van der Waals surface area contributed by atoms with Crippen LogP contribution in [0.1, 0.15) is 26.7 Å². The Morgan fingerprint density at radius 1 is 1.33 bits per heavy atom.